The molecule has 2 aromatic heterocycles. The third-order valence-corrected chi connectivity index (χ3v) is 19.2. The van der Waals surface area contributed by atoms with Gasteiger partial charge in [0.25, 0.3) is 25.8 Å². The molecular weight excluding hydrogens is 1010 g/mol. The summed E-state index contributed by atoms with van der Waals surface area (Å²) in [4.78, 5) is 37.7. The number of sulfone groups is 1. The Morgan fingerprint density at radius 2 is 1.67 bits per heavy atom. The average molecular weight is 1070 g/mol. The number of carbonyl (C=O) groups is 2. The maximum absolute atomic E-state index is 14.2. The topological polar surface area (TPSA) is 174 Å². The van der Waals surface area contributed by atoms with Crippen molar-refractivity contribution in [2.75, 3.05) is 68.8 Å². The van der Waals surface area contributed by atoms with Crippen molar-refractivity contribution in [3.05, 3.63) is 112 Å². The number of benzene rings is 3. The van der Waals surface area contributed by atoms with Crippen molar-refractivity contribution in [1.82, 2.24) is 24.5 Å². The number of aromatic amines is 1. The molecule has 8 rings (SSSR count). The van der Waals surface area contributed by atoms with Gasteiger partial charge >= 0.3 is 5.51 Å². The number of hydrogen-bond acceptors (Lipinski definition) is 11. The molecule has 3 aliphatic rings. The molecule has 72 heavy (non-hydrogen) atoms. The lowest BCUT2D eigenvalue weighted by atomic mass is 9.72. The van der Waals surface area contributed by atoms with Crippen LogP contribution in [0.3, 0.4) is 0 Å². The highest BCUT2D eigenvalue weighted by Gasteiger charge is 2.48. The van der Waals surface area contributed by atoms with E-state index in [-0.39, 0.29) is 46.3 Å². The predicted molar refractivity (Wildman–Crippen MR) is 278 cm³/mol. The summed E-state index contributed by atoms with van der Waals surface area (Å²) >= 11 is 6.24. The number of carbonyl (C=O) groups excluding carboxylic acids is 2. The van der Waals surface area contributed by atoms with Crippen LogP contribution < -0.4 is 14.4 Å². The van der Waals surface area contributed by atoms with Gasteiger partial charge in [-0.1, -0.05) is 62.0 Å². The van der Waals surface area contributed by atoms with Gasteiger partial charge in [0.15, 0.2) is 0 Å². The minimum atomic E-state index is -6.06. The first kappa shape index (κ1) is 53.1. The second-order valence-corrected chi connectivity index (χ2v) is 26.9. The zero-order chi connectivity index (χ0) is 51.8. The number of ether oxygens (including phenoxy) is 1. The molecule has 2 amide bonds. The van der Waals surface area contributed by atoms with Crippen molar-refractivity contribution in [3.63, 3.8) is 0 Å². The van der Waals surface area contributed by atoms with Gasteiger partial charge in [0.2, 0.25) is 5.91 Å². The van der Waals surface area contributed by atoms with E-state index < -0.39 is 50.5 Å². The van der Waals surface area contributed by atoms with Crippen LogP contribution >= 0.6 is 11.6 Å². The van der Waals surface area contributed by atoms with Gasteiger partial charge < -0.3 is 19.5 Å². The Labute approximate surface area is 424 Å². The molecule has 2 aliphatic heterocycles. The number of nitrogens with one attached hydrogen (secondary N) is 2. The maximum atomic E-state index is 14.2. The number of H-pyrrole nitrogens is 1. The number of alkyl halides is 3. The lowest BCUT2D eigenvalue weighted by Crippen LogP contribution is -2.47. The Morgan fingerprint density at radius 3 is 2.35 bits per heavy atom. The van der Waals surface area contributed by atoms with E-state index in [1.165, 1.54) is 35.9 Å². The summed E-state index contributed by atoms with van der Waals surface area (Å²) < 4.78 is 109. The van der Waals surface area contributed by atoms with Gasteiger partial charge in [-0.25, -0.2) is 26.5 Å². The average Bonchev–Trinajstić information content (AvgIpc) is 3.78. The number of pyridine rings is 1. The van der Waals surface area contributed by atoms with Crippen molar-refractivity contribution in [2.45, 2.75) is 68.7 Å². The molecule has 0 saturated carbocycles. The Balaban J connectivity index is 1.02. The summed E-state index contributed by atoms with van der Waals surface area (Å²) in [6, 6.07) is 18.7. The van der Waals surface area contributed by atoms with Crippen LogP contribution in [-0.2, 0) is 40.5 Å². The van der Waals surface area contributed by atoms with E-state index in [0.717, 1.165) is 51.0 Å². The minimum Gasteiger partial charge on any atom is -0.455 e. The fourth-order valence-electron chi connectivity index (χ4n) is 9.70. The molecule has 3 aromatic carbocycles. The molecule has 2 fully saturated rings. The number of amides is 2. The van der Waals surface area contributed by atoms with Crippen LogP contribution in [0.4, 0.5) is 18.9 Å². The summed E-state index contributed by atoms with van der Waals surface area (Å²) in [6.07, 6.45) is 6.06. The lowest BCUT2D eigenvalue weighted by Gasteiger charge is -2.39. The smallest absolute Gasteiger partial charge is 0.455 e. The second kappa shape index (κ2) is 20.9. The van der Waals surface area contributed by atoms with Crippen LogP contribution in [0, 0.1) is 11.3 Å². The van der Waals surface area contributed by atoms with E-state index in [4.69, 9.17) is 16.3 Å². The third-order valence-electron chi connectivity index (χ3n) is 13.5. The van der Waals surface area contributed by atoms with Crippen LogP contribution in [0.2, 0.25) is 5.02 Å². The Bertz CT molecular complexity index is 3260. The third kappa shape index (κ3) is 12.4. The Hall–Kier alpha value is -5.25. The number of aromatic nitrogens is 2. The maximum Gasteiger partial charge on any atom is 0.501 e. The van der Waals surface area contributed by atoms with Gasteiger partial charge in [0, 0.05) is 99.1 Å². The normalized spacial score (nSPS) is 18.5. The molecular formula is C51H59ClF3N7O7S3. The zero-order valence-electron chi connectivity index (χ0n) is 40.6. The molecule has 4 heterocycles. The quantitative estimate of drug-likeness (QED) is 0.102. The first-order valence-corrected chi connectivity index (χ1v) is 29.1. The summed E-state index contributed by atoms with van der Waals surface area (Å²) in [6.45, 7) is 12.8. The largest absolute Gasteiger partial charge is 0.501 e. The van der Waals surface area contributed by atoms with Crippen LogP contribution in [0.15, 0.2) is 105 Å². The number of halogens is 4. The van der Waals surface area contributed by atoms with Gasteiger partial charge in [0.05, 0.1) is 21.6 Å². The molecule has 386 valence electrons. The molecule has 1 aliphatic carbocycles. The number of sulfonamides is 1. The highest BCUT2D eigenvalue weighted by Crippen LogP contribution is 2.44. The number of allylic oxidation sites excluding steroid dienone is 1. The summed E-state index contributed by atoms with van der Waals surface area (Å²) in [7, 11) is -12.8. The number of fused-ring (bicyclic) bond motifs is 1. The van der Waals surface area contributed by atoms with Gasteiger partial charge in [0.1, 0.15) is 17.1 Å². The van der Waals surface area contributed by atoms with E-state index in [0.29, 0.717) is 72.0 Å². The molecule has 0 spiro atoms. The number of nitrogens with zero attached hydrogens (tertiary/aromatic N) is 5. The van der Waals surface area contributed by atoms with Gasteiger partial charge in [-0.15, -0.1) is 9.41 Å². The first-order valence-electron chi connectivity index (χ1n) is 23.7. The summed E-state index contributed by atoms with van der Waals surface area (Å²) in [5, 5.41) is 1.40. The molecule has 0 radical (unpaired) electrons. The number of piperazine rings is 1. The fraction of sp³-hybridized carbons (Fsp3) is 0.412. The predicted octanol–water partition coefficient (Wildman–Crippen LogP) is 9.02. The van der Waals surface area contributed by atoms with Gasteiger partial charge in [-0.05, 0) is 102 Å². The standard InChI is InChI=1S/C51H59ClF3N7O7S3/c1-34(32-61-22-24-70(5,25-23-61)58-35(2)63)26-37-8-12-43(29-47(37)71(65,66)51(53,54)55)72(67,68)59-49(64)44-13-11-41(28-46(44)69-42-27-38-15-17-56-48(38)57-31-42)62-20-18-60(19-21-62)33-39-14-16-50(3,4)30-45(39)36-6-9-40(52)10-7-36/h6-13,15,17,27-29,31,34H,5,14,16,18-26,30,32-33H2,1-4H3,(H,56,57)(H,59,64)/t34-/m1/s1. The molecule has 2 N–H and O–H groups in total. The van der Waals surface area contributed by atoms with Crippen LogP contribution in [0.1, 0.15) is 68.4 Å². The number of hydrogen-bond donors (Lipinski definition) is 2. The molecule has 0 unspecified atom stereocenters. The fourth-order valence-corrected chi connectivity index (χ4v) is 14.0. The first-order chi connectivity index (χ1) is 33.9. The molecule has 21 heteroatoms. The van der Waals surface area contributed by atoms with Crippen molar-refractivity contribution >= 4 is 80.9 Å². The number of rotatable bonds is 14. The molecule has 2 saturated heterocycles. The SMILES string of the molecule is C=S1(=NC(C)=O)CCN(C[C@H](C)Cc2ccc(S(=O)(=O)NC(=O)c3ccc(N4CCN(CC5=C(c6ccc(Cl)cc6)CC(C)(C)CC5)CC4)cc3Oc3cnc4[nH]ccc4c3)cc2S(=O)(=O)C(F)(F)F)CC1. The molecule has 1 atom stereocenters. The zero-order valence-corrected chi connectivity index (χ0v) is 43.8. The van der Waals surface area contributed by atoms with Crippen LogP contribution in [0.25, 0.3) is 16.6 Å². The summed E-state index contributed by atoms with van der Waals surface area (Å²) in [5.41, 5.74) is -0.769. The highest BCUT2D eigenvalue weighted by atomic mass is 35.5. The molecule has 0 bridgehead atoms. The van der Waals surface area contributed by atoms with E-state index >= 15 is 0 Å². The monoisotopic (exact) mass is 1070 g/mol. The van der Waals surface area contributed by atoms with Crippen molar-refractivity contribution in [1.29, 1.82) is 0 Å². The van der Waals surface area contributed by atoms with E-state index in [1.54, 1.807) is 37.4 Å². The minimum absolute atomic E-state index is 0.0178. The molecule has 5 aromatic rings. The number of anilines is 1. The van der Waals surface area contributed by atoms with Crippen molar-refractivity contribution < 1.29 is 44.3 Å². The Kier molecular flexibility index (Phi) is 15.4. The Morgan fingerprint density at radius 1 is 0.958 bits per heavy atom. The highest BCUT2D eigenvalue weighted by molar-refractivity contribution is 8.02. The van der Waals surface area contributed by atoms with E-state index in [9.17, 15) is 39.6 Å². The lowest BCUT2D eigenvalue weighted by molar-refractivity contribution is -0.115. The van der Waals surface area contributed by atoms with E-state index in [2.05, 4.69) is 60.9 Å². The van der Waals surface area contributed by atoms with Gasteiger partial charge in [-0.3, -0.25) is 14.5 Å². The van der Waals surface area contributed by atoms with Crippen LogP contribution in [-0.4, -0.2) is 124 Å². The summed E-state index contributed by atoms with van der Waals surface area (Å²) in [5.74, 6) is 3.68. The van der Waals surface area contributed by atoms with Crippen LogP contribution in [0.5, 0.6) is 11.5 Å². The van der Waals surface area contributed by atoms with Gasteiger partial charge in [-0.2, -0.15) is 17.5 Å². The molecule has 14 nitrogen and oxygen atoms in total. The van der Waals surface area contributed by atoms with Crippen molar-refractivity contribution in [2.24, 2.45) is 15.7 Å². The second-order valence-electron chi connectivity index (χ2n) is 19.8. The van der Waals surface area contributed by atoms with Crippen molar-refractivity contribution in [3.8, 4) is 11.5 Å². The van der Waals surface area contributed by atoms with E-state index in [1.807, 2.05) is 16.9 Å².